The number of hydrogen-bond acceptors (Lipinski definition) is 3. The first-order valence-electron chi connectivity index (χ1n) is 6.60. The van der Waals surface area contributed by atoms with E-state index in [2.05, 4.69) is 9.97 Å². The highest BCUT2D eigenvalue weighted by atomic mass is 19.1. The van der Waals surface area contributed by atoms with Gasteiger partial charge in [0.2, 0.25) is 0 Å². The van der Waals surface area contributed by atoms with Crippen LogP contribution in [0.1, 0.15) is 17.3 Å². The quantitative estimate of drug-likeness (QED) is 0.748. The number of rotatable bonds is 3. The molecular formula is C16H13FN2O2. The average molecular weight is 284 g/mol. The third-order valence-corrected chi connectivity index (χ3v) is 3.11. The molecule has 106 valence electrons. The Bertz CT molecular complexity index is 794. The Balaban J connectivity index is 2.00. The summed E-state index contributed by atoms with van der Waals surface area (Å²) in [4.78, 5) is 19.3. The Hall–Kier alpha value is -2.69. The maximum absolute atomic E-state index is 12.9. The smallest absolute Gasteiger partial charge is 0.338 e. The van der Waals surface area contributed by atoms with E-state index < -0.39 is 0 Å². The Morgan fingerprint density at radius 1 is 1.24 bits per heavy atom. The van der Waals surface area contributed by atoms with Gasteiger partial charge in [0.25, 0.3) is 0 Å². The summed E-state index contributed by atoms with van der Waals surface area (Å²) in [5.74, 6) is -0.0252. The summed E-state index contributed by atoms with van der Waals surface area (Å²) in [5.41, 5.74) is 2.73. The number of carbonyl (C=O) groups excluding carboxylic acids is 1. The van der Waals surface area contributed by atoms with E-state index in [1.54, 1.807) is 37.3 Å². The van der Waals surface area contributed by atoms with E-state index >= 15 is 0 Å². The normalized spacial score (nSPS) is 10.8. The lowest BCUT2D eigenvalue weighted by Crippen LogP contribution is -2.04. The van der Waals surface area contributed by atoms with E-state index in [1.165, 1.54) is 12.1 Å². The van der Waals surface area contributed by atoms with Crippen LogP contribution in [0.25, 0.3) is 22.4 Å². The van der Waals surface area contributed by atoms with Crippen LogP contribution in [0.15, 0.2) is 42.5 Å². The van der Waals surface area contributed by atoms with E-state index in [1.807, 2.05) is 0 Å². The van der Waals surface area contributed by atoms with Crippen molar-refractivity contribution in [3.8, 4) is 11.4 Å². The number of esters is 1. The molecule has 0 atom stereocenters. The zero-order valence-electron chi connectivity index (χ0n) is 11.4. The van der Waals surface area contributed by atoms with Crippen LogP contribution in [0.4, 0.5) is 4.39 Å². The van der Waals surface area contributed by atoms with Crippen LogP contribution in [0.3, 0.4) is 0 Å². The molecular weight excluding hydrogens is 271 g/mol. The minimum absolute atomic E-state index is 0.292. The lowest BCUT2D eigenvalue weighted by atomic mass is 10.2. The molecule has 0 unspecified atom stereocenters. The number of aromatic amines is 1. The second-order valence-corrected chi connectivity index (χ2v) is 4.54. The van der Waals surface area contributed by atoms with Gasteiger partial charge in [-0.2, -0.15) is 0 Å². The highest BCUT2D eigenvalue weighted by molar-refractivity contribution is 5.94. The number of benzene rings is 2. The Labute approximate surface area is 120 Å². The lowest BCUT2D eigenvalue weighted by molar-refractivity contribution is 0.0526. The predicted octanol–water partition coefficient (Wildman–Crippen LogP) is 3.55. The number of imidazole rings is 1. The second kappa shape index (κ2) is 5.36. The van der Waals surface area contributed by atoms with Gasteiger partial charge in [-0.15, -0.1) is 0 Å². The highest BCUT2D eigenvalue weighted by Gasteiger charge is 2.10. The van der Waals surface area contributed by atoms with Crippen LogP contribution < -0.4 is 0 Å². The van der Waals surface area contributed by atoms with Crippen molar-refractivity contribution < 1.29 is 13.9 Å². The van der Waals surface area contributed by atoms with E-state index in [0.29, 0.717) is 18.0 Å². The van der Waals surface area contributed by atoms with Crippen molar-refractivity contribution in [3.63, 3.8) is 0 Å². The molecule has 0 saturated heterocycles. The van der Waals surface area contributed by atoms with Gasteiger partial charge in [-0.1, -0.05) is 0 Å². The zero-order chi connectivity index (χ0) is 14.8. The molecule has 0 spiro atoms. The van der Waals surface area contributed by atoms with Gasteiger partial charge in [-0.3, -0.25) is 0 Å². The first-order valence-corrected chi connectivity index (χ1v) is 6.60. The SMILES string of the molecule is CCOC(=O)c1ccc2nc(-c3ccc(F)cc3)[nH]c2c1. The maximum atomic E-state index is 12.9. The monoisotopic (exact) mass is 284 g/mol. The van der Waals surface area contributed by atoms with Gasteiger partial charge in [0, 0.05) is 5.56 Å². The topological polar surface area (TPSA) is 55.0 Å². The van der Waals surface area contributed by atoms with Crippen LogP contribution in [0, 0.1) is 5.82 Å². The van der Waals surface area contributed by atoms with Crippen LogP contribution in [-0.2, 0) is 4.74 Å². The summed E-state index contributed by atoms with van der Waals surface area (Å²) in [6.07, 6.45) is 0. The van der Waals surface area contributed by atoms with Crippen LogP contribution in [-0.4, -0.2) is 22.5 Å². The summed E-state index contributed by atoms with van der Waals surface area (Å²) in [5, 5.41) is 0. The van der Waals surface area contributed by atoms with Crippen molar-refractivity contribution in [2.75, 3.05) is 6.61 Å². The minimum atomic E-state index is -0.364. The molecule has 4 nitrogen and oxygen atoms in total. The first-order chi connectivity index (χ1) is 10.2. The molecule has 1 aromatic heterocycles. The number of halogens is 1. The zero-order valence-corrected chi connectivity index (χ0v) is 11.4. The summed E-state index contributed by atoms with van der Waals surface area (Å²) >= 11 is 0. The van der Waals surface area contributed by atoms with Crippen LogP contribution in [0.5, 0.6) is 0 Å². The molecule has 1 heterocycles. The standard InChI is InChI=1S/C16H13FN2O2/c1-2-21-16(20)11-5-8-13-14(9-11)19-15(18-13)10-3-6-12(17)7-4-10/h3-9H,2H2,1H3,(H,18,19). The Morgan fingerprint density at radius 3 is 2.71 bits per heavy atom. The number of carbonyl (C=O) groups is 1. The third kappa shape index (κ3) is 2.63. The Morgan fingerprint density at radius 2 is 2.00 bits per heavy atom. The summed E-state index contributed by atoms with van der Waals surface area (Å²) in [6.45, 7) is 2.10. The highest BCUT2D eigenvalue weighted by Crippen LogP contribution is 2.21. The largest absolute Gasteiger partial charge is 0.462 e. The van der Waals surface area contributed by atoms with Crippen LogP contribution in [0.2, 0.25) is 0 Å². The molecule has 0 aliphatic rings. The van der Waals surface area contributed by atoms with Crippen molar-refractivity contribution >= 4 is 17.0 Å². The molecule has 2 aromatic carbocycles. The molecule has 0 aliphatic heterocycles. The fraction of sp³-hybridized carbons (Fsp3) is 0.125. The van der Waals surface area contributed by atoms with Gasteiger partial charge in [0.1, 0.15) is 11.6 Å². The van der Waals surface area contributed by atoms with Crippen molar-refractivity contribution in [1.82, 2.24) is 9.97 Å². The molecule has 0 radical (unpaired) electrons. The van der Waals surface area contributed by atoms with E-state index in [0.717, 1.165) is 16.6 Å². The average Bonchev–Trinajstić information content (AvgIpc) is 2.91. The molecule has 21 heavy (non-hydrogen) atoms. The molecule has 0 bridgehead atoms. The number of fused-ring (bicyclic) bond motifs is 1. The molecule has 5 heteroatoms. The van der Waals surface area contributed by atoms with Crippen molar-refractivity contribution in [1.29, 1.82) is 0 Å². The van der Waals surface area contributed by atoms with Crippen LogP contribution >= 0.6 is 0 Å². The maximum Gasteiger partial charge on any atom is 0.338 e. The summed E-state index contributed by atoms with van der Waals surface area (Å²) < 4.78 is 17.9. The molecule has 3 rings (SSSR count). The van der Waals surface area contributed by atoms with Crippen molar-refractivity contribution in [3.05, 3.63) is 53.8 Å². The van der Waals surface area contributed by atoms with Gasteiger partial charge < -0.3 is 9.72 Å². The number of hydrogen-bond donors (Lipinski definition) is 1. The van der Waals surface area contributed by atoms with E-state index in [9.17, 15) is 9.18 Å². The van der Waals surface area contributed by atoms with Gasteiger partial charge in [0.05, 0.1) is 23.2 Å². The van der Waals surface area contributed by atoms with Gasteiger partial charge in [-0.25, -0.2) is 14.2 Å². The van der Waals surface area contributed by atoms with Gasteiger partial charge in [-0.05, 0) is 49.4 Å². The number of nitrogens with one attached hydrogen (secondary N) is 1. The Kier molecular flexibility index (Phi) is 3.39. The minimum Gasteiger partial charge on any atom is -0.462 e. The van der Waals surface area contributed by atoms with E-state index in [-0.39, 0.29) is 11.8 Å². The summed E-state index contributed by atoms with van der Waals surface area (Å²) in [6, 6.07) is 11.2. The number of aromatic nitrogens is 2. The molecule has 0 saturated carbocycles. The van der Waals surface area contributed by atoms with Crippen molar-refractivity contribution in [2.24, 2.45) is 0 Å². The van der Waals surface area contributed by atoms with Gasteiger partial charge in [0.15, 0.2) is 0 Å². The molecule has 1 N–H and O–H groups in total. The lowest BCUT2D eigenvalue weighted by Gasteiger charge is -2.00. The van der Waals surface area contributed by atoms with E-state index in [4.69, 9.17) is 4.74 Å². The van der Waals surface area contributed by atoms with Gasteiger partial charge >= 0.3 is 5.97 Å². The fourth-order valence-corrected chi connectivity index (χ4v) is 2.10. The van der Waals surface area contributed by atoms with Crippen molar-refractivity contribution in [2.45, 2.75) is 6.92 Å². The number of nitrogens with zero attached hydrogens (tertiary/aromatic N) is 1. The molecule has 0 amide bonds. The number of ether oxygens (including phenoxy) is 1. The molecule has 0 aliphatic carbocycles. The summed E-state index contributed by atoms with van der Waals surface area (Å²) in [7, 11) is 0. The molecule has 0 fully saturated rings. The first kappa shape index (κ1) is 13.3. The molecule has 3 aromatic rings. The fourth-order valence-electron chi connectivity index (χ4n) is 2.10. The predicted molar refractivity (Wildman–Crippen MR) is 77.4 cm³/mol. The third-order valence-electron chi connectivity index (χ3n) is 3.11. The number of H-pyrrole nitrogens is 1. The second-order valence-electron chi connectivity index (χ2n) is 4.54.